The molecule has 0 radical (unpaired) electrons. The minimum Gasteiger partial charge on any atom is -0.756 e. The predicted octanol–water partition coefficient (Wildman–Crippen LogP) is 12.8. The van der Waals surface area contributed by atoms with Crippen LogP contribution < -0.4 is 10.2 Å². The standard InChI is InChI=1S/C48H93N2O6P/c1-6-8-10-12-14-16-17-18-19-20-21-22-23-24-25-26-27-28-29-30-31-32-33-34-36-38-40-42-48(52)49-46(45-56-57(53,54)55-44-43-50(3,4)5)47(51)41-39-37-35-15-13-11-9-7-2/h17-18,20-21,23-24,46-47,51H,6-16,19,22,25-45H2,1-5H3,(H-,49,52,53,54)/b18-17-,21-20-,24-23-. The van der Waals surface area contributed by atoms with Crippen molar-refractivity contribution in [3.8, 4) is 0 Å². The highest BCUT2D eigenvalue weighted by Crippen LogP contribution is 2.38. The van der Waals surface area contributed by atoms with Gasteiger partial charge in [0.15, 0.2) is 0 Å². The molecule has 0 rings (SSSR count). The summed E-state index contributed by atoms with van der Waals surface area (Å²) in [6.45, 7) is 4.67. The number of nitrogens with zero attached hydrogens (tertiary/aromatic N) is 1. The Morgan fingerprint density at radius 1 is 0.614 bits per heavy atom. The Labute approximate surface area is 353 Å². The third-order valence-corrected chi connectivity index (χ3v) is 11.6. The second kappa shape index (κ2) is 40.1. The Kier molecular flexibility index (Phi) is 39.2. The molecule has 3 atom stereocenters. The normalized spacial score (nSPS) is 14.6. The van der Waals surface area contributed by atoms with Crippen LogP contribution in [0.3, 0.4) is 0 Å². The number of nitrogens with one attached hydrogen (secondary N) is 1. The SMILES string of the molecule is CCCCCCC/C=C\C/C=C\C/C=C\CCCCCCCCCCCCCCC(=O)NC(COP(=O)([O-])OCC[N+](C)(C)C)C(O)CCCCCCCCCC. The zero-order valence-corrected chi connectivity index (χ0v) is 38.9. The molecule has 0 aliphatic heterocycles. The van der Waals surface area contributed by atoms with Gasteiger partial charge < -0.3 is 28.8 Å². The zero-order chi connectivity index (χ0) is 42.1. The van der Waals surface area contributed by atoms with Crippen molar-refractivity contribution in [2.75, 3.05) is 40.9 Å². The molecule has 0 aliphatic rings. The number of aliphatic hydroxyl groups excluding tert-OH is 1. The fourth-order valence-electron chi connectivity index (χ4n) is 6.81. The highest BCUT2D eigenvalue weighted by molar-refractivity contribution is 7.45. The van der Waals surface area contributed by atoms with Gasteiger partial charge in [-0.25, -0.2) is 0 Å². The molecule has 1 amide bonds. The van der Waals surface area contributed by atoms with Gasteiger partial charge in [0.25, 0.3) is 7.82 Å². The number of rotatable bonds is 43. The van der Waals surface area contributed by atoms with Crippen LogP contribution in [0.15, 0.2) is 36.5 Å². The zero-order valence-electron chi connectivity index (χ0n) is 38.0. The van der Waals surface area contributed by atoms with Gasteiger partial charge in [-0.2, -0.15) is 0 Å². The monoisotopic (exact) mass is 825 g/mol. The summed E-state index contributed by atoms with van der Waals surface area (Å²) in [6, 6.07) is -0.798. The van der Waals surface area contributed by atoms with Gasteiger partial charge in [0.1, 0.15) is 13.2 Å². The van der Waals surface area contributed by atoms with Crippen molar-refractivity contribution in [1.29, 1.82) is 0 Å². The van der Waals surface area contributed by atoms with Gasteiger partial charge in [0, 0.05) is 6.42 Å². The van der Waals surface area contributed by atoms with E-state index in [2.05, 4.69) is 55.6 Å². The molecule has 0 spiro atoms. The quantitative estimate of drug-likeness (QED) is 0.0274. The molecule has 0 aromatic carbocycles. The van der Waals surface area contributed by atoms with Crippen molar-refractivity contribution in [2.24, 2.45) is 0 Å². The molecular formula is C48H93N2O6P. The van der Waals surface area contributed by atoms with Gasteiger partial charge in [0.05, 0.1) is 39.9 Å². The Morgan fingerprint density at radius 3 is 1.47 bits per heavy atom. The first-order chi connectivity index (χ1) is 27.5. The van der Waals surface area contributed by atoms with E-state index >= 15 is 0 Å². The van der Waals surface area contributed by atoms with E-state index in [1.54, 1.807) is 0 Å². The summed E-state index contributed by atoms with van der Waals surface area (Å²) in [5.41, 5.74) is 0. The van der Waals surface area contributed by atoms with Crippen LogP contribution in [0.1, 0.15) is 213 Å². The van der Waals surface area contributed by atoms with Crippen LogP contribution in [-0.2, 0) is 18.4 Å². The van der Waals surface area contributed by atoms with Gasteiger partial charge >= 0.3 is 0 Å². The summed E-state index contributed by atoms with van der Waals surface area (Å²) >= 11 is 0. The maximum atomic E-state index is 12.8. The molecule has 57 heavy (non-hydrogen) atoms. The Balaban J connectivity index is 4.07. The van der Waals surface area contributed by atoms with Crippen molar-refractivity contribution in [1.82, 2.24) is 5.32 Å². The summed E-state index contributed by atoms with van der Waals surface area (Å²) in [5, 5.41) is 13.8. The van der Waals surface area contributed by atoms with Gasteiger partial charge in [-0.1, -0.05) is 192 Å². The summed E-state index contributed by atoms with van der Waals surface area (Å²) in [7, 11) is 1.30. The average Bonchev–Trinajstić information content (AvgIpc) is 3.16. The highest BCUT2D eigenvalue weighted by atomic mass is 31.2. The number of phosphoric acid groups is 1. The Morgan fingerprint density at radius 2 is 1.02 bits per heavy atom. The van der Waals surface area contributed by atoms with Crippen LogP contribution in [0, 0.1) is 0 Å². The fourth-order valence-corrected chi connectivity index (χ4v) is 7.53. The molecule has 0 fully saturated rings. The number of aliphatic hydroxyl groups is 1. The maximum absolute atomic E-state index is 12.8. The van der Waals surface area contributed by atoms with E-state index in [4.69, 9.17) is 9.05 Å². The van der Waals surface area contributed by atoms with Crippen LogP contribution >= 0.6 is 7.82 Å². The van der Waals surface area contributed by atoms with E-state index in [1.165, 1.54) is 135 Å². The number of phosphoric ester groups is 1. The summed E-state index contributed by atoms with van der Waals surface area (Å²) in [6.07, 6.45) is 48.9. The molecule has 0 aliphatic carbocycles. The first kappa shape index (κ1) is 55.7. The van der Waals surface area contributed by atoms with Crippen molar-refractivity contribution >= 4 is 13.7 Å². The van der Waals surface area contributed by atoms with E-state index in [9.17, 15) is 19.4 Å². The molecule has 9 heteroatoms. The topological polar surface area (TPSA) is 108 Å². The first-order valence-electron chi connectivity index (χ1n) is 23.8. The van der Waals surface area contributed by atoms with Crippen LogP contribution in [0.4, 0.5) is 0 Å². The second-order valence-electron chi connectivity index (χ2n) is 17.5. The largest absolute Gasteiger partial charge is 0.756 e. The highest BCUT2D eigenvalue weighted by Gasteiger charge is 2.24. The van der Waals surface area contributed by atoms with Crippen LogP contribution in [0.25, 0.3) is 0 Å². The lowest BCUT2D eigenvalue weighted by atomic mass is 10.0. The van der Waals surface area contributed by atoms with Crippen molar-refractivity contribution in [2.45, 2.75) is 225 Å². The van der Waals surface area contributed by atoms with E-state index < -0.39 is 20.0 Å². The third-order valence-electron chi connectivity index (χ3n) is 10.6. The minimum absolute atomic E-state index is 0.0112. The number of quaternary nitrogens is 1. The van der Waals surface area contributed by atoms with Gasteiger partial charge in [0.2, 0.25) is 5.91 Å². The number of hydrogen-bond acceptors (Lipinski definition) is 6. The number of hydrogen-bond donors (Lipinski definition) is 2. The molecule has 3 unspecified atom stereocenters. The van der Waals surface area contributed by atoms with E-state index in [1.807, 2.05) is 21.1 Å². The number of carbonyl (C=O) groups is 1. The van der Waals surface area contributed by atoms with Gasteiger partial charge in [-0.05, 0) is 51.4 Å². The van der Waals surface area contributed by atoms with E-state index in [-0.39, 0.29) is 19.1 Å². The lowest BCUT2D eigenvalue weighted by Gasteiger charge is -2.30. The van der Waals surface area contributed by atoms with Gasteiger partial charge in [-0.15, -0.1) is 0 Å². The molecule has 8 nitrogen and oxygen atoms in total. The molecule has 336 valence electrons. The summed E-state index contributed by atoms with van der Waals surface area (Å²) in [5.74, 6) is -0.170. The molecule has 0 heterocycles. The van der Waals surface area contributed by atoms with Crippen LogP contribution in [0.5, 0.6) is 0 Å². The van der Waals surface area contributed by atoms with Crippen molar-refractivity contribution in [3.05, 3.63) is 36.5 Å². The molecule has 0 aromatic rings. The smallest absolute Gasteiger partial charge is 0.268 e. The lowest BCUT2D eigenvalue weighted by molar-refractivity contribution is -0.870. The van der Waals surface area contributed by atoms with Crippen molar-refractivity contribution < 1.29 is 32.9 Å². The Bertz CT molecular complexity index is 1030. The lowest BCUT2D eigenvalue weighted by Crippen LogP contribution is -2.46. The number of unbranched alkanes of at least 4 members (excludes halogenated alkanes) is 24. The van der Waals surface area contributed by atoms with E-state index in [0.717, 1.165) is 51.4 Å². The molecule has 0 saturated carbocycles. The number of amides is 1. The first-order valence-corrected chi connectivity index (χ1v) is 25.3. The summed E-state index contributed by atoms with van der Waals surface area (Å²) < 4.78 is 23.2. The van der Waals surface area contributed by atoms with Crippen LogP contribution in [-0.4, -0.2) is 68.5 Å². The minimum atomic E-state index is -4.56. The molecule has 0 aromatic heterocycles. The number of likely N-dealkylation sites (N-methyl/N-ethyl adjacent to an activating group) is 1. The molecular weight excluding hydrogens is 732 g/mol. The molecule has 0 saturated heterocycles. The number of allylic oxidation sites excluding steroid dienone is 6. The predicted molar refractivity (Wildman–Crippen MR) is 242 cm³/mol. The molecule has 2 N–H and O–H groups in total. The number of carbonyl (C=O) groups excluding carboxylic acids is 1. The second-order valence-corrected chi connectivity index (χ2v) is 18.9. The average molecular weight is 825 g/mol. The van der Waals surface area contributed by atoms with Crippen molar-refractivity contribution in [3.63, 3.8) is 0 Å². The van der Waals surface area contributed by atoms with Gasteiger partial charge in [-0.3, -0.25) is 9.36 Å². The third kappa shape index (κ3) is 42.6. The summed E-state index contributed by atoms with van der Waals surface area (Å²) in [4.78, 5) is 25.3. The van der Waals surface area contributed by atoms with Crippen LogP contribution in [0.2, 0.25) is 0 Å². The fraction of sp³-hybridized carbons (Fsp3) is 0.854. The molecule has 0 bridgehead atoms. The van der Waals surface area contributed by atoms with E-state index in [0.29, 0.717) is 23.9 Å². The Hall–Kier alpha value is -1.28. The maximum Gasteiger partial charge on any atom is 0.268 e.